The Morgan fingerprint density at radius 1 is 1.21 bits per heavy atom. The Balaban J connectivity index is 2.14. The van der Waals surface area contributed by atoms with E-state index in [0.29, 0.717) is 10.7 Å². The molecule has 0 aliphatic heterocycles. The number of hydrogen-bond acceptors (Lipinski definition) is 4. The number of halogens is 3. The van der Waals surface area contributed by atoms with Crippen LogP contribution in [0.15, 0.2) is 24.3 Å². The number of rotatable bonds is 5. The summed E-state index contributed by atoms with van der Waals surface area (Å²) in [5.41, 5.74) is -0.559. The molecule has 0 saturated heterocycles. The molecule has 1 aromatic heterocycles. The lowest BCUT2D eigenvalue weighted by Gasteiger charge is -2.04. The molecule has 24 heavy (non-hydrogen) atoms. The number of anilines is 1. The fraction of sp³-hybridized carbons (Fsp3) is 0.143. The van der Waals surface area contributed by atoms with E-state index in [1.807, 2.05) is 0 Å². The van der Waals surface area contributed by atoms with E-state index in [-0.39, 0.29) is 23.0 Å². The highest BCUT2D eigenvalue weighted by atomic mass is 35.5. The minimum absolute atomic E-state index is 0.199. The molecule has 2 N–H and O–H groups in total. The molecule has 0 saturated carbocycles. The van der Waals surface area contributed by atoms with E-state index in [1.165, 1.54) is 0 Å². The highest BCUT2D eigenvalue weighted by Gasteiger charge is 2.19. The summed E-state index contributed by atoms with van der Waals surface area (Å²) in [7, 11) is 0. The minimum atomic E-state index is -1.17. The molecule has 1 aromatic carbocycles. The van der Waals surface area contributed by atoms with E-state index in [4.69, 9.17) is 16.7 Å². The first-order chi connectivity index (χ1) is 11.3. The average molecular weight is 358 g/mol. The van der Waals surface area contributed by atoms with E-state index in [2.05, 4.69) is 10.4 Å². The summed E-state index contributed by atoms with van der Waals surface area (Å²) in [5.74, 6) is -4.54. The maximum absolute atomic E-state index is 13.5. The second-order valence-electron chi connectivity index (χ2n) is 4.63. The molecule has 0 bridgehead atoms. The Hall–Kier alpha value is -2.81. The third-order valence-corrected chi connectivity index (χ3v) is 3.14. The number of nitrogens with zero attached hydrogens (tertiary/aromatic N) is 2. The maximum Gasteiger partial charge on any atom is 0.303 e. The van der Waals surface area contributed by atoms with Crippen molar-refractivity contribution in [2.45, 2.75) is 12.8 Å². The lowest BCUT2D eigenvalue weighted by molar-refractivity contribution is -0.137. The number of hydrogen-bond donors (Lipinski definition) is 2. The second-order valence-corrected chi connectivity index (χ2v) is 5.02. The Bertz CT molecular complexity index is 822. The van der Waals surface area contributed by atoms with E-state index >= 15 is 0 Å². The average Bonchev–Trinajstić information content (AvgIpc) is 2.89. The van der Waals surface area contributed by atoms with Crippen molar-refractivity contribution in [2.24, 2.45) is 0 Å². The fourth-order valence-electron chi connectivity index (χ4n) is 1.74. The van der Waals surface area contributed by atoms with E-state index in [9.17, 15) is 23.2 Å². The van der Waals surface area contributed by atoms with Crippen LogP contribution in [0.2, 0.25) is 5.15 Å². The maximum atomic E-state index is 13.5. The number of nitrogens with one attached hydrogen (secondary N) is 1. The molecule has 7 nitrogen and oxygen atoms in total. The summed E-state index contributed by atoms with van der Waals surface area (Å²) in [6.45, 7) is 0. The van der Waals surface area contributed by atoms with Crippen molar-refractivity contribution in [3.8, 4) is 0 Å². The molecule has 0 spiro atoms. The van der Waals surface area contributed by atoms with Gasteiger partial charge in [-0.1, -0.05) is 11.6 Å². The summed E-state index contributed by atoms with van der Waals surface area (Å²) in [5, 5.41) is 14.2. The monoisotopic (exact) mass is 357 g/mol. The van der Waals surface area contributed by atoms with Crippen LogP contribution < -0.4 is 5.32 Å². The van der Waals surface area contributed by atoms with Crippen LogP contribution in [0.1, 0.15) is 28.1 Å². The smallest absolute Gasteiger partial charge is 0.303 e. The number of benzene rings is 1. The molecule has 2 aromatic rings. The van der Waals surface area contributed by atoms with Gasteiger partial charge in [0, 0.05) is 18.6 Å². The zero-order valence-electron chi connectivity index (χ0n) is 11.9. The molecule has 0 aliphatic rings. The van der Waals surface area contributed by atoms with Gasteiger partial charge in [-0.05, 0) is 12.1 Å². The summed E-state index contributed by atoms with van der Waals surface area (Å²) in [6.07, 6.45) is -0.776. The van der Waals surface area contributed by atoms with Crippen molar-refractivity contribution in [1.82, 2.24) is 9.78 Å². The number of carboxylic acids is 1. The third kappa shape index (κ3) is 4.13. The van der Waals surface area contributed by atoms with Crippen molar-refractivity contribution in [2.75, 3.05) is 5.32 Å². The summed E-state index contributed by atoms with van der Waals surface area (Å²) >= 11 is 5.78. The first-order valence-electron chi connectivity index (χ1n) is 6.55. The van der Waals surface area contributed by atoms with Gasteiger partial charge in [0.05, 0.1) is 12.1 Å². The largest absolute Gasteiger partial charge is 0.481 e. The van der Waals surface area contributed by atoms with Crippen LogP contribution in [0.5, 0.6) is 0 Å². The zero-order valence-corrected chi connectivity index (χ0v) is 12.7. The lowest BCUT2D eigenvalue weighted by atomic mass is 10.3. The highest BCUT2D eigenvalue weighted by Crippen LogP contribution is 2.17. The first kappa shape index (κ1) is 17.5. The van der Waals surface area contributed by atoms with Crippen LogP contribution in [0.4, 0.5) is 14.5 Å². The SMILES string of the molecule is O=C(O)CCC(=O)n1nc(C(=O)Nc2ccc(F)cc2F)cc1Cl. The van der Waals surface area contributed by atoms with Crippen LogP contribution in [0, 0.1) is 11.6 Å². The topological polar surface area (TPSA) is 101 Å². The van der Waals surface area contributed by atoms with Crippen LogP contribution >= 0.6 is 11.6 Å². The Kier molecular flexibility index (Phi) is 5.24. The fourth-order valence-corrected chi connectivity index (χ4v) is 1.98. The third-order valence-electron chi connectivity index (χ3n) is 2.87. The molecule has 10 heteroatoms. The van der Waals surface area contributed by atoms with Crippen molar-refractivity contribution in [3.05, 3.63) is 46.7 Å². The molecule has 0 radical (unpaired) electrons. The molecule has 126 valence electrons. The van der Waals surface area contributed by atoms with Gasteiger partial charge >= 0.3 is 5.97 Å². The quantitative estimate of drug-likeness (QED) is 0.856. The van der Waals surface area contributed by atoms with Crippen molar-refractivity contribution >= 4 is 35.1 Å². The van der Waals surface area contributed by atoms with Crippen LogP contribution in [-0.4, -0.2) is 32.7 Å². The lowest BCUT2D eigenvalue weighted by Crippen LogP contribution is -2.17. The molecule has 0 aliphatic carbocycles. The Morgan fingerprint density at radius 2 is 1.92 bits per heavy atom. The second kappa shape index (κ2) is 7.18. The molecule has 0 atom stereocenters. The van der Waals surface area contributed by atoms with Gasteiger partial charge in [0.2, 0.25) is 5.91 Å². The number of aliphatic carboxylic acids is 1. The molecular weight excluding hydrogens is 348 g/mol. The van der Waals surface area contributed by atoms with Gasteiger partial charge in [-0.3, -0.25) is 14.4 Å². The van der Waals surface area contributed by atoms with Crippen molar-refractivity contribution < 1.29 is 28.3 Å². The van der Waals surface area contributed by atoms with Gasteiger partial charge in [-0.2, -0.15) is 9.78 Å². The van der Waals surface area contributed by atoms with Gasteiger partial charge in [0.1, 0.15) is 16.8 Å². The Labute approximate surface area is 138 Å². The van der Waals surface area contributed by atoms with Crippen molar-refractivity contribution in [3.63, 3.8) is 0 Å². The van der Waals surface area contributed by atoms with Gasteiger partial charge in [-0.25, -0.2) is 8.78 Å². The number of amides is 1. The molecule has 0 fully saturated rings. The highest BCUT2D eigenvalue weighted by molar-refractivity contribution is 6.31. The number of carbonyl (C=O) groups is 3. The number of carboxylic acid groups (broad SMARTS) is 1. The van der Waals surface area contributed by atoms with Crippen LogP contribution in [0.25, 0.3) is 0 Å². The van der Waals surface area contributed by atoms with E-state index < -0.39 is 35.8 Å². The van der Waals surface area contributed by atoms with Gasteiger partial charge in [0.25, 0.3) is 5.91 Å². The minimum Gasteiger partial charge on any atom is -0.481 e. The molecule has 1 heterocycles. The van der Waals surface area contributed by atoms with E-state index in [1.54, 1.807) is 0 Å². The van der Waals surface area contributed by atoms with Gasteiger partial charge in [0.15, 0.2) is 5.69 Å². The summed E-state index contributed by atoms with van der Waals surface area (Å²) in [4.78, 5) is 34.2. The first-order valence-corrected chi connectivity index (χ1v) is 6.92. The van der Waals surface area contributed by atoms with Crippen LogP contribution in [0.3, 0.4) is 0 Å². The molecule has 0 unspecified atom stereocenters. The number of carbonyl (C=O) groups excluding carboxylic acids is 2. The van der Waals surface area contributed by atoms with Crippen molar-refractivity contribution in [1.29, 1.82) is 0 Å². The van der Waals surface area contributed by atoms with E-state index in [0.717, 1.165) is 18.2 Å². The van der Waals surface area contributed by atoms with Gasteiger partial charge in [-0.15, -0.1) is 0 Å². The predicted octanol–water partition coefficient (Wildman–Crippen LogP) is 2.57. The predicted molar refractivity (Wildman–Crippen MR) is 79.0 cm³/mol. The van der Waals surface area contributed by atoms with Crippen LogP contribution in [-0.2, 0) is 4.79 Å². The summed E-state index contributed by atoms with van der Waals surface area (Å²) in [6, 6.07) is 3.65. The molecular formula is C14H10ClF2N3O4. The van der Waals surface area contributed by atoms with Gasteiger partial charge < -0.3 is 10.4 Å². The Morgan fingerprint density at radius 3 is 2.54 bits per heavy atom. The normalized spacial score (nSPS) is 10.5. The molecule has 2 rings (SSSR count). The number of aromatic nitrogens is 2. The molecule has 1 amide bonds. The zero-order chi connectivity index (χ0) is 17.9. The standard InChI is InChI=1S/C14H10ClF2N3O4/c15-11-6-10(19-20(11)12(21)3-4-13(22)23)14(24)18-9-2-1-7(16)5-8(9)17/h1-2,5-6H,3-4H2,(H,18,24)(H,22,23). The summed E-state index contributed by atoms with van der Waals surface area (Å²) < 4.78 is 27.0.